The molecule has 2 heterocycles. The van der Waals surface area contributed by atoms with Gasteiger partial charge in [-0.2, -0.15) is 0 Å². The van der Waals surface area contributed by atoms with Crippen molar-refractivity contribution in [3.8, 4) is 0 Å². The standard InChI is InChI=1S/C12H20N4O4/c1-6(2)3-16-10(13)9(11(19)14-12(16)20)15-4-7(17)8(18)5-15/h6-8,17-18H,3-5,13H2,1-2H3,(H,14,19,20). The lowest BCUT2D eigenvalue weighted by Gasteiger charge is -2.21. The Kier molecular flexibility index (Phi) is 3.87. The maximum Gasteiger partial charge on any atom is 0.330 e. The number of aromatic amines is 1. The van der Waals surface area contributed by atoms with Crippen LogP contribution in [-0.4, -0.2) is 45.1 Å². The number of anilines is 2. The second-order valence-corrected chi connectivity index (χ2v) is 5.54. The van der Waals surface area contributed by atoms with Crippen LogP contribution in [0.5, 0.6) is 0 Å². The van der Waals surface area contributed by atoms with Crippen LogP contribution >= 0.6 is 0 Å². The van der Waals surface area contributed by atoms with Crippen LogP contribution < -0.4 is 21.9 Å². The molecule has 0 radical (unpaired) electrons. The first-order valence-electron chi connectivity index (χ1n) is 6.55. The molecule has 0 aliphatic carbocycles. The van der Waals surface area contributed by atoms with Crippen LogP contribution in [0.15, 0.2) is 9.59 Å². The molecule has 2 rings (SSSR count). The summed E-state index contributed by atoms with van der Waals surface area (Å²) in [4.78, 5) is 27.5. The van der Waals surface area contributed by atoms with Gasteiger partial charge in [-0.05, 0) is 5.92 Å². The third-order valence-electron chi connectivity index (χ3n) is 3.34. The van der Waals surface area contributed by atoms with Gasteiger partial charge in [0.25, 0.3) is 5.56 Å². The van der Waals surface area contributed by atoms with E-state index in [1.54, 1.807) is 0 Å². The van der Waals surface area contributed by atoms with Crippen molar-refractivity contribution in [3.63, 3.8) is 0 Å². The molecular formula is C12H20N4O4. The summed E-state index contributed by atoms with van der Waals surface area (Å²) in [5.41, 5.74) is 4.91. The van der Waals surface area contributed by atoms with Crippen molar-refractivity contribution in [2.75, 3.05) is 23.7 Å². The highest BCUT2D eigenvalue weighted by molar-refractivity contribution is 5.63. The molecule has 1 aromatic rings. The first kappa shape index (κ1) is 14.6. The highest BCUT2D eigenvalue weighted by atomic mass is 16.3. The van der Waals surface area contributed by atoms with Crippen molar-refractivity contribution in [1.29, 1.82) is 0 Å². The van der Waals surface area contributed by atoms with E-state index in [2.05, 4.69) is 4.98 Å². The summed E-state index contributed by atoms with van der Waals surface area (Å²) in [5, 5.41) is 19.1. The summed E-state index contributed by atoms with van der Waals surface area (Å²) in [5.74, 6) is 0.247. The number of H-pyrrole nitrogens is 1. The zero-order valence-electron chi connectivity index (χ0n) is 11.5. The number of aliphatic hydroxyl groups excluding tert-OH is 2. The van der Waals surface area contributed by atoms with Gasteiger partial charge in [0.05, 0.1) is 12.2 Å². The molecule has 20 heavy (non-hydrogen) atoms. The first-order chi connectivity index (χ1) is 9.31. The zero-order valence-corrected chi connectivity index (χ0v) is 11.5. The summed E-state index contributed by atoms with van der Waals surface area (Å²) in [7, 11) is 0. The van der Waals surface area contributed by atoms with Crippen LogP contribution in [0.3, 0.4) is 0 Å². The van der Waals surface area contributed by atoms with Gasteiger partial charge >= 0.3 is 5.69 Å². The number of aromatic nitrogens is 2. The van der Waals surface area contributed by atoms with E-state index in [1.807, 2.05) is 13.8 Å². The molecule has 2 unspecified atom stereocenters. The van der Waals surface area contributed by atoms with Gasteiger partial charge in [-0.15, -0.1) is 0 Å². The van der Waals surface area contributed by atoms with E-state index in [-0.39, 0.29) is 30.5 Å². The van der Waals surface area contributed by atoms with Gasteiger partial charge in [-0.1, -0.05) is 13.8 Å². The van der Waals surface area contributed by atoms with E-state index in [1.165, 1.54) is 9.47 Å². The molecular weight excluding hydrogens is 264 g/mol. The average molecular weight is 284 g/mol. The summed E-state index contributed by atoms with van der Waals surface area (Å²) in [6, 6.07) is 0. The number of hydrogen-bond acceptors (Lipinski definition) is 6. The lowest BCUT2D eigenvalue weighted by Crippen LogP contribution is -2.38. The Bertz CT molecular complexity index is 596. The van der Waals surface area contributed by atoms with Gasteiger partial charge in [0.2, 0.25) is 0 Å². The van der Waals surface area contributed by atoms with Crippen LogP contribution in [0.4, 0.5) is 11.5 Å². The Morgan fingerprint density at radius 3 is 2.35 bits per heavy atom. The third kappa shape index (κ3) is 2.56. The molecule has 0 aromatic carbocycles. The molecule has 1 aliphatic heterocycles. The lowest BCUT2D eigenvalue weighted by molar-refractivity contribution is 0.0572. The van der Waals surface area contributed by atoms with Gasteiger partial charge in [0.1, 0.15) is 11.5 Å². The number of nitrogens with zero attached hydrogens (tertiary/aromatic N) is 2. The van der Waals surface area contributed by atoms with Crippen molar-refractivity contribution in [2.45, 2.75) is 32.6 Å². The Morgan fingerprint density at radius 1 is 1.30 bits per heavy atom. The number of rotatable bonds is 3. The molecule has 0 saturated carbocycles. The minimum atomic E-state index is -0.931. The molecule has 1 aliphatic rings. The first-order valence-corrected chi connectivity index (χ1v) is 6.55. The molecule has 2 atom stereocenters. The predicted molar refractivity (Wildman–Crippen MR) is 74.8 cm³/mol. The predicted octanol–water partition coefficient (Wildman–Crippen LogP) is -1.68. The number of hydrogen-bond donors (Lipinski definition) is 4. The maximum absolute atomic E-state index is 11.9. The minimum absolute atomic E-state index is 0.0637. The van der Waals surface area contributed by atoms with Crippen LogP contribution in [0, 0.1) is 5.92 Å². The van der Waals surface area contributed by atoms with E-state index in [0.717, 1.165) is 0 Å². The molecule has 1 saturated heterocycles. The number of aliphatic hydroxyl groups is 2. The Labute approximate surface area is 115 Å². The molecule has 0 bridgehead atoms. The van der Waals surface area contributed by atoms with Gasteiger partial charge < -0.3 is 20.8 Å². The topological polar surface area (TPSA) is 125 Å². The van der Waals surface area contributed by atoms with E-state index >= 15 is 0 Å². The summed E-state index contributed by atoms with van der Waals surface area (Å²) in [6.07, 6.45) is -1.86. The minimum Gasteiger partial charge on any atom is -0.389 e. The lowest BCUT2D eigenvalue weighted by atomic mass is 10.2. The van der Waals surface area contributed by atoms with Gasteiger partial charge in [0.15, 0.2) is 0 Å². The fourth-order valence-corrected chi connectivity index (χ4v) is 2.38. The van der Waals surface area contributed by atoms with Crippen molar-refractivity contribution in [2.24, 2.45) is 5.92 Å². The quantitative estimate of drug-likeness (QED) is 0.525. The van der Waals surface area contributed by atoms with Crippen molar-refractivity contribution < 1.29 is 10.2 Å². The molecule has 8 heteroatoms. The highest BCUT2D eigenvalue weighted by Crippen LogP contribution is 2.22. The van der Waals surface area contributed by atoms with Crippen LogP contribution in [0.2, 0.25) is 0 Å². The highest BCUT2D eigenvalue weighted by Gasteiger charge is 2.32. The second kappa shape index (κ2) is 5.29. The van der Waals surface area contributed by atoms with E-state index in [9.17, 15) is 19.8 Å². The second-order valence-electron chi connectivity index (χ2n) is 5.54. The molecule has 8 nitrogen and oxygen atoms in total. The SMILES string of the molecule is CC(C)Cn1c(N)c(N2CC(O)C(O)C2)c(=O)[nH]c1=O. The number of β-amino-alcohol motifs (C(OH)–C–C–N with tert-alkyl or cyclic N) is 2. The smallest absolute Gasteiger partial charge is 0.330 e. The van der Waals surface area contributed by atoms with Crippen molar-refractivity contribution in [3.05, 3.63) is 20.8 Å². The molecule has 0 amide bonds. The van der Waals surface area contributed by atoms with Crippen molar-refractivity contribution in [1.82, 2.24) is 9.55 Å². The molecule has 0 spiro atoms. The maximum atomic E-state index is 11.9. The van der Waals surface area contributed by atoms with E-state index < -0.39 is 23.5 Å². The summed E-state index contributed by atoms with van der Waals surface area (Å²) < 4.78 is 1.30. The van der Waals surface area contributed by atoms with Gasteiger partial charge in [0, 0.05) is 19.6 Å². The third-order valence-corrected chi connectivity index (χ3v) is 3.34. The largest absolute Gasteiger partial charge is 0.389 e. The normalized spacial score (nSPS) is 22.8. The molecule has 1 fully saturated rings. The zero-order chi connectivity index (χ0) is 15.0. The van der Waals surface area contributed by atoms with Crippen LogP contribution in [0.1, 0.15) is 13.8 Å². The van der Waals surface area contributed by atoms with Gasteiger partial charge in [-0.3, -0.25) is 14.3 Å². The molecule has 1 aromatic heterocycles. The van der Waals surface area contributed by atoms with E-state index in [4.69, 9.17) is 5.73 Å². The monoisotopic (exact) mass is 284 g/mol. The Balaban J connectivity index is 2.48. The summed E-state index contributed by atoms with van der Waals surface area (Å²) >= 11 is 0. The van der Waals surface area contributed by atoms with Crippen molar-refractivity contribution >= 4 is 11.5 Å². The van der Waals surface area contributed by atoms with Crippen LogP contribution in [-0.2, 0) is 6.54 Å². The summed E-state index contributed by atoms with van der Waals surface area (Å²) in [6.45, 7) is 4.45. The Morgan fingerprint density at radius 2 is 1.85 bits per heavy atom. The molecule has 112 valence electrons. The molecule has 5 N–H and O–H groups in total. The fraction of sp³-hybridized carbons (Fsp3) is 0.667. The van der Waals surface area contributed by atoms with Gasteiger partial charge in [-0.25, -0.2) is 4.79 Å². The number of nitrogens with two attached hydrogens (primary N) is 1. The number of nitrogens with one attached hydrogen (secondary N) is 1. The average Bonchev–Trinajstić information content (AvgIpc) is 2.64. The fourth-order valence-electron chi connectivity index (χ4n) is 2.38. The van der Waals surface area contributed by atoms with Crippen LogP contribution in [0.25, 0.3) is 0 Å². The van der Waals surface area contributed by atoms with E-state index in [0.29, 0.717) is 6.54 Å². The Hall–Kier alpha value is -1.80. The number of nitrogen functional groups attached to an aromatic ring is 1.